The molecule has 3 N–H and O–H groups in total. The zero-order valence-corrected chi connectivity index (χ0v) is 34.7. The van der Waals surface area contributed by atoms with Crippen LogP contribution >= 0.6 is 0 Å². The Hall–Kier alpha value is -3.74. The van der Waals surface area contributed by atoms with Crippen LogP contribution in [0.4, 0.5) is 0 Å². The number of hydrogen-bond acceptors (Lipinski definition) is 5. The summed E-state index contributed by atoms with van der Waals surface area (Å²) in [5.74, 6) is -0.715. The molecule has 0 aromatic heterocycles. The lowest BCUT2D eigenvalue weighted by Crippen LogP contribution is -2.46. The maximum atomic E-state index is 13.1. The molecule has 308 valence electrons. The molecular formula is C49H77NO5. The highest BCUT2D eigenvalue weighted by molar-refractivity contribution is 5.77. The number of aliphatic hydroxyl groups excluding tert-OH is 2. The molecule has 0 rings (SSSR count). The van der Waals surface area contributed by atoms with Crippen LogP contribution in [0.5, 0.6) is 0 Å². The van der Waals surface area contributed by atoms with Crippen LogP contribution in [-0.4, -0.2) is 46.9 Å². The second-order valence-corrected chi connectivity index (χ2v) is 13.9. The molecule has 0 aliphatic heterocycles. The molecule has 0 aliphatic carbocycles. The lowest BCUT2D eigenvalue weighted by atomic mass is 10.0. The molecule has 6 heteroatoms. The van der Waals surface area contributed by atoms with E-state index in [1.165, 1.54) is 57.8 Å². The van der Waals surface area contributed by atoms with Crippen molar-refractivity contribution < 1.29 is 24.5 Å². The number of rotatable bonds is 35. The molecule has 0 saturated heterocycles. The molecular weight excluding hydrogens is 683 g/mol. The number of esters is 1. The fourth-order valence-electron chi connectivity index (χ4n) is 5.60. The molecule has 1 amide bonds. The second-order valence-electron chi connectivity index (χ2n) is 13.9. The standard InChI is InChI=1S/C49H77NO5/c1-4-7-10-13-16-19-22-24-27-30-33-36-39-42-49(54)55-45(40-37-34-31-28-25-21-18-15-12-9-6-3)43-48(53)50-46(44-51)47(52)41-38-35-32-29-26-23-20-17-14-11-8-5-2/h7,9-10,12-13,15-16,18-19,21-22,24-25,27-28,30-31,33-34,37,45-47,51-52H,4-6,8,11,14,17,20,23,26,29,32,35-36,38-44H2,1-3H3,(H,50,53)/b10-7+,12-9+,16-13+,18-15+,22-19-,25-21-,27-24-,31-28-,33-30+,37-34+. The Morgan fingerprint density at radius 2 is 1.00 bits per heavy atom. The predicted octanol–water partition coefficient (Wildman–Crippen LogP) is 12.2. The molecule has 0 fully saturated rings. The van der Waals surface area contributed by atoms with E-state index in [-0.39, 0.29) is 31.3 Å². The number of unbranched alkanes of at least 4 members (excludes halogenated alkanes) is 12. The van der Waals surface area contributed by atoms with Gasteiger partial charge in [0, 0.05) is 12.8 Å². The quantitative estimate of drug-likeness (QED) is 0.0340. The number of aliphatic hydroxyl groups is 2. The topological polar surface area (TPSA) is 95.9 Å². The molecule has 0 spiro atoms. The molecule has 6 nitrogen and oxygen atoms in total. The summed E-state index contributed by atoms with van der Waals surface area (Å²) in [6.45, 7) is 6.09. The van der Waals surface area contributed by atoms with Crippen LogP contribution in [0.3, 0.4) is 0 Å². The minimum absolute atomic E-state index is 0.0557. The summed E-state index contributed by atoms with van der Waals surface area (Å²) in [5.41, 5.74) is 0. The van der Waals surface area contributed by atoms with Crippen molar-refractivity contribution in [2.75, 3.05) is 6.61 Å². The van der Waals surface area contributed by atoms with Crippen molar-refractivity contribution in [1.29, 1.82) is 0 Å². The monoisotopic (exact) mass is 760 g/mol. The maximum Gasteiger partial charge on any atom is 0.306 e. The Morgan fingerprint density at radius 1 is 0.564 bits per heavy atom. The second kappa shape index (κ2) is 41.4. The van der Waals surface area contributed by atoms with Gasteiger partial charge in [-0.3, -0.25) is 9.59 Å². The van der Waals surface area contributed by atoms with Gasteiger partial charge in [-0.15, -0.1) is 0 Å². The first kappa shape index (κ1) is 51.3. The van der Waals surface area contributed by atoms with Gasteiger partial charge >= 0.3 is 5.97 Å². The van der Waals surface area contributed by atoms with Gasteiger partial charge in [-0.25, -0.2) is 0 Å². The summed E-state index contributed by atoms with van der Waals surface area (Å²) >= 11 is 0. The van der Waals surface area contributed by atoms with Crippen molar-refractivity contribution in [1.82, 2.24) is 5.32 Å². The third-order valence-corrected chi connectivity index (χ3v) is 8.79. The van der Waals surface area contributed by atoms with Crippen LogP contribution in [0.2, 0.25) is 0 Å². The average Bonchev–Trinajstić information content (AvgIpc) is 3.18. The summed E-state index contributed by atoms with van der Waals surface area (Å²) in [5, 5.41) is 23.5. The number of amides is 1. The van der Waals surface area contributed by atoms with E-state index in [2.05, 4.69) is 38.2 Å². The summed E-state index contributed by atoms with van der Waals surface area (Å²) in [7, 11) is 0. The van der Waals surface area contributed by atoms with Crippen LogP contribution in [0.15, 0.2) is 122 Å². The Balaban J connectivity index is 4.90. The van der Waals surface area contributed by atoms with Gasteiger partial charge in [0.05, 0.1) is 25.2 Å². The lowest BCUT2D eigenvalue weighted by molar-refractivity contribution is -0.150. The molecule has 0 bridgehead atoms. The minimum Gasteiger partial charge on any atom is -0.461 e. The Bertz CT molecular complexity index is 1220. The average molecular weight is 760 g/mol. The lowest BCUT2D eigenvalue weighted by Gasteiger charge is -2.24. The van der Waals surface area contributed by atoms with Crippen molar-refractivity contribution in [3.63, 3.8) is 0 Å². The predicted molar refractivity (Wildman–Crippen MR) is 236 cm³/mol. The molecule has 3 unspecified atom stereocenters. The zero-order valence-electron chi connectivity index (χ0n) is 34.7. The highest BCUT2D eigenvalue weighted by Gasteiger charge is 2.23. The largest absolute Gasteiger partial charge is 0.461 e. The van der Waals surface area contributed by atoms with Crippen LogP contribution in [0, 0.1) is 0 Å². The van der Waals surface area contributed by atoms with Gasteiger partial charge in [0.1, 0.15) is 6.10 Å². The van der Waals surface area contributed by atoms with Gasteiger partial charge in [0.15, 0.2) is 0 Å². The van der Waals surface area contributed by atoms with Crippen molar-refractivity contribution in [3.05, 3.63) is 122 Å². The molecule has 55 heavy (non-hydrogen) atoms. The smallest absolute Gasteiger partial charge is 0.306 e. The molecule has 0 saturated carbocycles. The summed E-state index contributed by atoms with van der Waals surface area (Å²) in [6, 6.07) is -0.760. The van der Waals surface area contributed by atoms with Gasteiger partial charge in [0.2, 0.25) is 5.91 Å². The van der Waals surface area contributed by atoms with E-state index in [4.69, 9.17) is 4.74 Å². The van der Waals surface area contributed by atoms with Crippen LogP contribution < -0.4 is 5.32 Å². The van der Waals surface area contributed by atoms with Gasteiger partial charge in [-0.05, 0) is 32.1 Å². The van der Waals surface area contributed by atoms with Crippen LogP contribution in [0.1, 0.15) is 149 Å². The third kappa shape index (κ3) is 37.0. The van der Waals surface area contributed by atoms with Crippen LogP contribution in [0.25, 0.3) is 0 Å². The van der Waals surface area contributed by atoms with E-state index < -0.39 is 18.2 Å². The van der Waals surface area contributed by atoms with E-state index in [1.54, 1.807) is 0 Å². The Morgan fingerprint density at radius 3 is 1.47 bits per heavy atom. The molecule has 0 aliphatic rings. The highest BCUT2D eigenvalue weighted by Crippen LogP contribution is 2.15. The Labute approximate surface area is 336 Å². The zero-order chi connectivity index (χ0) is 40.3. The van der Waals surface area contributed by atoms with Crippen molar-refractivity contribution in [2.45, 2.75) is 167 Å². The van der Waals surface area contributed by atoms with Crippen LogP contribution in [-0.2, 0) is 14.3 Å². The van der Waals surface area contributed by atoms with Crippen molar-refractivity contribution in [2.24, 2.45) is 0 Å². The first-order valence-electron chi connectivity index (χ1n) is 21.4. The maximum absolute atomic E-state index is 13.1. The van der Waals surface area contributed by atoms with E-state index >= 15 is 0 Å². The fraction of sp³-hybridized carbons (Fsp3) is 0.551. The molecule has 0 radical (unpaired) electrons. The van der Waals surface area contributed by atoms with Gasteiger partial charge in [-0.2, -0.15) is 0 Å². The number of carbonyl (C=O) groups is 2. The van der Waals surface area contributed by atoms with Gasteiger partial charge < -0.3 is 20.3 Å². The van der Waals surface area contributed by atoms with E-state index in [0.29, 0.717) is 19.3 Å². The van der Waals surface area contributed by atoms with E-state index in [9.17, 15) is 19.8 Å². The summed E-state index contributed by atoms with van der Waals surface area (Å²) in [6.07, 6.45) is 57.1. The number of nitrogens with one attached hydrogen (secondary N) is 1. The first-order valence-corrected chi connectivity index (χ1v) is 21.4. The normalized spacial score (nSPS) is 14.6. The van der Waals surface area contributed by atoms with E-state index in [1.807, 2.05) is 109 Å². The summed E-state index contributed by atoms with van der Waals surface area (Å²) in [4.78, 5) is 25.8. The highest BCUT2D eigenvalue weighted by atomic mass is 16.5. The molecule has 0 aromatic carbocycles. The SMILES string of the molecule is CC/C=C/C=C/C=C\C=C/C=C/CCCC(=O)OC(C/C=C/C=C\C=C/C=C/C=C/CC)CC(=O)NC(CO)C(O)CCCCCCCCCCCCCC. The number of ether oxygens (including phenoxy) is 1. The van der Waals surface area contributed by atoms with Crippen molar-refractivity contribution in [3.8, 4) is 0 Å². The number of hydrogen-bond donors (Lipinski definition) is 3. The summed E-state index contributed by atoms with van der Waals surface area (Å²) < 4.78 is 5.76. The van der Waals surface area contributed by atoms with E-state index in [0.717, 1.165) is 38.5 Å². The third-order valence-electron chi connectivity index (χ3n) is 8.79. The molecule has 0 heterocycles. The van der Waals surface area contributed by atoms with Gasteiger partial charge in [-0.1, -0.05) is 219 Å². The minimum atomic E-state index is -0.836. The first-order chi connectivity index (χ1) is 27.0. The number of allylic oxidation sites excluding steroid dienone is 19. The van der Waals surface area contributed by atoms with Gasteiger partial charge in [0.25, 0.3) is 0 Å². The molecule has 3 atom stereocenters. The van der Waals surface area contributed by atoms with Crippen molar-refractivity contribution >= 4 is 11.9 Å². The Kier molecular flexibility index (Phi) is 38.6. The molecule has 0 aromatic rings. The number of carbonyl (C=O) groups excluding carboxylic acids is 2. The fourth-order valence-corrected chi connectivity index (χ4v) is 5.60.